The molecule has 1 saturated carbocycles. The highest BCUT2D eigenvalue weighted by molar-refractivity contribution is 8.00. The summed E-state index contributed by atoms with van der Waals surface area (Å²) in [4.78, 5) is 4.62. The second kappa shape index (κ2) is 5.31. The first-order valence-corrected chi connectivity index (χ1v) is 8.73. The summed E-state index contributed by atoms with van der Waals surface area (Å²) in [5.41, 5.74) is 3.29. The van der Waals surface area contributed by atoms with Gasteiger partial charge in [0.2, 0.25) is 5.13 Å². The van der Waals surface area contributed by atoms with Crippen molar-refractivity contribution < 1.29 is 0 Å². The third-order valence-corrected chi connectivity index (χ3v) is 5.33. The molecule has 0 saturated heterocycles. The van der Waals surface area contributed by atoms with Crippen LogP contribution in [0.25, 0.3) is 5.65 Å². The maximum absolute atomic E-state index is 4.62. The van der Waals surface area contributed by atoms with Gasteiger partial charge in [0.05, 0.1) is 5.69 Å². The Labute approximate surface area is 130 Å². The first kappa shape index (κ1) is 13.1. The van der Waals surface area contributed by atoms with E-state index in [9.17, 15) is 0 Å². The Kier molecular flexibility index (Phi) is 3.31. The van der Waals surface area contributed by atoms with Crippen molar-refractivity contribution >= 4 is 33.9 Å². The van der Waals surface area contributed by atoms with Gasteiger partial charge in [-0.3, -0.25) is 0 Å². The van der Waals surface area contributed by atoms with Crippen LogP contribution in [-0.2, 0) is 5.75 Å². The molecule has 0 unspecified atom stereocenters. The highest BCUT2D eigenvalue weighted by Crippen LogP contribution is 2.31. The monoisotopic (exact) mass is 317 g/mol. The Hall–Kier alpha value is -1.60. The third kappa shape index (κ3) is 3.03. The summed E-state index contributed by atoms with van der Waals surface area (Å²) in [6.45, 7) is 2.09. The smallest absolute Gasteiger partial charge is 0.206 e. The molecule has 1 fully saturated rings. The number of nitrogens with zero attached hydrogens (tertiary/aromatic N) is 4. The van der Waals surface area contributed by atoms with Crippen molar-refractivity contribution in [2.45, 2.75) is 35.9 Å². The van der Waals surface area contributed by atoms with E-state index in [-0.39, 0.29) is 0 Å². The van der Waals surface area contributed by atoms with Crippen LogP contribution in [0.2, 0.25) is 0 Å². The summed E-state index contributed by atoms with van der Waals surface area (Å²) in [6.07, 6.45) is 6.68. The average molecular weight is 317 g/mol. The molecule has 108 valence electrons. The molecule has 3 aromatic heterocycles. The van der Waals surface area contributed by atoms with Gasteiger partial charge in [-0.25, -0.2) is 4.98 Å². The molecule has 5 nitrogen and oxygen atoms in total. The number of imidazole rings is 1. The molecule has 0 atom stereocenters. The molecule has 0 bridgehead atoms. The highest BCUT2D eigenvalue weighted by Gasteiger charge is 2.22. The zero-order chi connectivity index (χ0) is 14.2. The van der Waals surface area contributed by atoms with Gasteiger partial charge >= 0.3 is 0 Å². The van der Waals surface area contributed by atoms with Crippen LogP contribution in [0.5, 0.6) is 0 Å². The van der Waals surface area contributed by atoms with E-state index < -0.39 is 0 Å². The van der Waals surface area contributed by atoms with Crippen LogP contribution in [0, 0.1) is 6.92 Å². The van der Waals surface area contributed by atoms with Crippen molar-refractivity contribution in [1.82, 2.24) is 19.6 Å². The first-order valence-electron chi connectivity index (χ1n) is 6.93. The number of thioether (sulfide) groups is 1. The second-order valence-corrected chi connectivity index (χ2v) is 7.48. The minimum Gasteiger partial charge on any atom is -0.357 e. The molecular weight excluding hydrogens is 302 g/mol. The van der Waals surface area contributed by atoms with Crippen LogP contribution < -0.4 is 5.32 Å². The van der Waals surface area contributed by atoms with Gasteiger partial charge in [-0.1, -0.05) is 29.2 Å². The molecule has 1 N–H and O–H groups in total. The van der Waals surface area contributed by atoms with Gasteiger partial charge in [0.15, 0.2) is 4.34 Å². The van der Waals surface area contributed by atoms with Crippen molar-refractivity contribution in [2.24, 2.45) is 0 Å². The van der Waals surface area contributed by atoms with Crippen LogP contribution in [0.1, 0.15) is 24.1 Å². The minimum absolute atomic E-state index is 0.623. The van der Waals surface area contributed by atoms with Crippen LogP contribution in [-0.4, -0.2) is 25.6 Å². The molecule has 0 amide bonds. The van der Waals surface area contributed by atoms with Gasteiger partial charge in [0, 0.05) is 24.2 Å². The molecule has 1 aliphatic carbocycles. The molecule has 3 aromatic rings. The van der Waals surface area contributed by atoms with Gasteiger partial charge in [-0.05, 0) is 31.4 Å². The van der Waals surface area contributed by atoms with Crippen molar-refractivity contribution in [1.29, 1.82) is 0 Å². The fourth-order valence-electron chi connectivity index (χ4n) is 2.09. The number of nitrogens with one attached hydrogen (secondary N) is 1. The number of aryl methyl sites for hydroxylation is 1. The van der Waals surface area contributed by atoms with Gasteiger partial charge in [0.1, 0.15) is 5.65 Å². The lowest BCUT2D eigenvalue weighted by Gasteiger charge is -1.94. The Morgan fingerprint density at radius 1 is 1.33 bits per heavy atom. The SMILES string of the molecule is Cc1ccc2nc(CSc3nnc(NC4CC4)s3)cn2c1. The molecule has 4 rings (SSSR count). The van der Waals surface area contributed by atoms with Crippen LogP contribution in [0.15, 0.2) is 28.9 Å². The van der Waals surface area contributed by atoms with Crippen LogP contribution in [0.4, 0.5) is 5.13 Å². The summed E-state index contributed by atoms with van der Waals surface area (Å²) in [5.74, 6) is 0.818. The van der Waals surface area contributed by atoms with Crippen molar-refractivity contribution in [3.05, 3.63) is 35.8 Å². The molecule has 21 heavy (non-hydrogen) atoms. The predicted molar refractivity (Wildman–Crippen MR) is 86.0 cm³/mol. The fraction of sp³-hybridized carbons (Fsp3) is 0.357. The summed E-state index contributed by atoms with van der Waals surface area (Å²) in [6, 6.07) is 4.75. The summed E-state index contributed by atoms with van der Waals surface area (Å²) < 4.78 is 3.07. The van der Waals surface area contributed by atoms with Gasteiger partial charge in [0.25, 0.3) is 0 Å². The molecular formula is C14H15N5S2. The highest BCUT2D eigenvalue weighted by atomic mass is 32.2. The quantitative estimate of drug-likeness (QED) is 0.731. The summed E-state index contributed by atoms with van der Waals surface area (Å²) >= 11 is 3.32. The number of pyridine rings is 1. The van der Waals surface area contributed by atoms with Crippen molar-refractivity contribution in [3.63, 3.8) is 0 Å². The Morgan fingerprint density at radius 2 is 2.24 bits per heavy atom. The van der Waals surface area contributed by atoms with Gasteiger partial charge < -0.3 is 9.72 Å². The number of anilines is 1. The summed E-state index contributed by atoms with van der Waals surface area (Å²) in [5, 5.41) is 12.7. The molecule has 7 heteroatoms. The maximum Gasteiger partial charge on any atom is 0.206 e. The average Bonchev–Trinajstić information content (AvgIpc) is 3.01. The molecule has 0 spiro atoms. The zero-order valence-electron chi connectivity index (χ0n) is 11.6. The molecule has 0 aliphatic heterocycles. The third-order valence-electron chi connectivity index (χ3n) is 3.30. The molecule has 0 aromatic carbocycles. The molecule has 1 aliphatic rings. The topological polar surface area (TPSA) is 55.1 Å². The Morgan fingerprint density at radius 3 is 3.10 bits per heavy atom. The molecule has 0 radical (unpaired) electrons. The minimum atomic E-state index is 0.623. The Balaban J connectivity index is 1.43. The summed E-state index contributed by atoms with van der Waals surface area (Å²) in [7, 11) is 0. The number of hydrogen-bond acceptors (Lipinski definition) is 6. The number of fused-ring (bicyclic) bond motifs is 1. The maximum atomic E-state index is 4.62. The van der Waals surface area contributed by atoms with Crippen LogP contribution >= 0.6 is 23.1 Å². The lowest BCUT2D eigenvalue weighted by Crippen LogP contribution is -1.99. The second-order valence-electron chi connectivity index (χ2n) is 5.28. The van der Waals surface area contributed by atoms with E-state index in [1.165, 1.54) is 18.4 Å². The number of rotatable bonds is 5. The normalized spacial score (nSPS) is 14.7. The van der Waals surface area contributed by atoms with E-state index in [4.69, 9.17) is 0 Å². The van der Waals surface area contributed by atoms with E-state index in [1.807, 2.05) is 6.07 Å². The lowest BCUT2D eigenvalue weighted by atomic mass is 10.3. The van der Waals surface area contributed by atoms with E-state index in [2.05, 4.69) is 50.3 Å². The number of aromatic nitrogens is 4. The first-order chi connectivity index (χ1) is 10.3. The largest absolute Gasteiger partial charge is 0.357 e. The van der Waals surface area contributed by atoms with Gasteiger partial charge in [-0.2, -0.15) is 0 Å². The predicted octanol–water partition coefficient (Wildman–Crippen LogP) is 3.36. The lowest BCUT2D eigenvalue weighted by molar-refractivity contribution is 0.994. The van der Waals surface area contributed by atoms with E-state index in [1.54, 1.807) is 23.1 Å². The zero-order valence-corrected chi connectivity index (χ0v) is 13.2. The van der Waals surface area contributed by atoms with Crippen molar-refractivity contribution in [3.8, 4) is 0 Å². The fourth-order valence-corrected chi connectivity index (χ4v) is 3.80. The van der Waals surface area contributed by atoms with E-state index in [0.717, 1.165) is 26.6 Å². The van der Waals surface area contributed by atoms with Gasteiger partial charge in [-0.15, -0.1) is 10.2 Å². The standard InChI is InChI=1S/C14H15N5S2/c1-9-2-5-12-15-11(7-19(12)6-9)8-20-14-18-17-13(21-14)16-10-3-4-10/h2,5-7,10H,3-4,8H2,1H3,(H,16,17). The Bertz CT molecular complexity index is 775. The van der Waals surface area contributed by atoms with E-state index in [0.29, 0.717) is 6.04 Å². The number of hydrogen-bond donors (Lipinski definition) is 1. The van der Waals surface area contributed by atoms with Crippen LogP contribution in [0.3, 0.4) is 0 Å². The van der Waals surface area contributed by atoms with E-state index >= 15 is 0 Å². The van der Waals surface area contributed by atoms with Crippen molar-refractivity contribution in [2.75, 3.05) is 5.32 Å². The molecule has 3 heterocycles.